The first-order valence-electron chi connectivity index (χ1n) is 8.49. The van der Waals surface area contributed by atoms with Crippen LogP contribution in [0.1, 0.15) is 18.5 Å². The highest BCUT2D eigenvalue weighted by Crippen LogP contribution is 2.41. The second-order valence-corrected chi connectivity index (χ2v) is 7.65. The van der Waals surface area contributed by atoms with E-state index in [4.69, 9.17) is 5.73 Å². The van der Waals surface area contributed by atoms with Gasteiger partial charge in [0.2, 0.25) is 11.8 Å². The lowest BCUT2D eigenvalue weighted by molar-refractivity contribution is -0.164. The standard InChI is InChI=1S/C18H21N3O5S/c1-2-3-10-8-27-17-13(16(24)21(17)14(10)18(25)26)20-15(23)12(19)9-4-6-11(22)7-5-9/h2-7,10,12-14,17,22H,8,19H2,1H3,(H,20,23)(H,25,26)/b3-2+/t10?,12-,13-,14?,17-/m1/s1. The number of carboxylic acid groups (broad SMARTS) is 1. The summed E-state index contributed by atoms with van der Waals surface area (Å²) in [6.07, 6.45) is 3.57. The summed E-state index contributed by atoms with van der Waals surface area (Å²) < 4.78 is 0. The minimum absolute atomic E-state index is 0.0603. The third-order valence-electron chi connectivity index (χ3n) is 4.77. The van der Waals surface area contributed by atoms with Crippen LogP contribution in [0.5, 0.6) is 5.75 Å². The van der Waals surface area contributed by atoms with E-state index in [9.17, 15) is 24.6 Å². The van der Waals surface area contributed by atoms with Crippen molar-refractivity contribution in [3.63, 3.8) is 0 Å². The number of hydrogen-bond acceptors (Lipinski definition) is 6. The minimum atomic E-state index is -1.05. The third kappa shape index (κ3) is 3.52. The smallest absolute Gasteiger partial charge is 0.327 e. The molecule has 0 saturated carbocycles. The zero-order chi connectivity index (χ0) is 19.7. The second kappa shape index (κ2) is 7.61. The first-order chi connectivity index (χ1) is 12.8. The van der Waals surface area contributed by atoms with Gasteiger partial charge in [-0.3, -0.25) is 9.59 Å². The number of rotatable bonds is 5. The molecule has 2 unspecified atom stereocenters. The number of allylic oxidation sites excluding steroid dienone is 1. The molecule has 0 aromatic heterocycles. The molecule has 8 nitrogen and oxygen atoms in total. The molecule has 27 heavy (non-hydrogen) atoms. The summed E-state index contributed by atoms with van der Waals surface area (Å²) in [5.41, 5.74) is 6.44. The number of phenolic OH excluding ortho intramolecular Hbond substituents is 1. The number of nitrogens with zero attached hydrogens (tertiary/aromatic N) is 1. The van der Waals surface area contributed by atoms with Gasteiger partial charge < -0.3 is 26.2 Å². The Labute approximate surface area is 160 Å². The number of amides is 2. The zero-order valence-electron chi connectivity index (χ0n) is 14.6. The van der Waals surface area contributed by atoms with E-state index in [-0.39, 0.29) is 11.7 Å². The van der Waals surface area contributed by atoms with Gasteiger partial charge in [-0.1, -0.05) is 24.3 Å². The highest BCUT2D eigenvalue weighted by atomic mass is 32.2. The molecule has 1 aromatic rings. The number of fused-ring (bicyclic) bond motifs is 1. The Morgan fingerprint density at radius 2 is 2.04 bits per heavy atom. The maximum absolute atomic E-state index is 12.5. The van der Waals surface area contributed by atoms with Crippen molar-refractivity contribution in [1.29, 1.82) is 0 Å². The molecular weight excluding hydrogens is 370 g/mol. The lowest BCUT2D eigenvalue weighted by Gasteiger charge is -2.54. The number of carboxylic acids is 1. The Morgan fingerprint density at radius 1 is 1.37 bits per heavy atom. The van der Waals surface area contributed by atoms with Gasteiger partial charge in [0.25, 0.3) is 0 Å². The molecule has 5 atom stereocenters. The Morgan fingerprint density at radius 3 is 2.63 bits per heavy atom. The molecule has 144 valence electrons. The summed E-state index contributed by atoms with van der Waals surface area (Å²) in [6.45, 7) is 1.81. The van der Waals surface area contributed by atoms with E-state index in [0.29, 0.717) is 11.3 Å². The molecule has 2 saturated heterocycles. The van der Waals surface area contributed by atoms with Crippen LogP contribution in [0, 0.1) is 5.92 Å². The van der Waals surface area contributed by atoms with Crippen molar-refractivity contribution in [3.05, 3.63) is 42.0 Å². The van der Waals surface area contributed by atoms with E-state index in [0.717, 1.165) is 0 Å². The lowest BCUT2D eigenvalue weighted by atomic mass is 9.93. The number of phenols is 1. The first kappa shape index (κ1) is 19.2. The van der Waals surface area contributed by atoms with Gasteiger partial charge in [-0.2, -0.15) is 0 Å². The Bertz CT molecular complexity index is 782. The number of nitrogens with two attached hydrogens (primary N) is 1. The maximum Gasteiger partial charge on any atom is 0.327 e. The molecule has 1 aromatic carbocycles. The van der Waals surface area contributed by atoms with Crippen LogP contribution >= 0.6 is 11.8 Å². The van der Waals surface area contributed by atoms with Crippen molar-refractivity contribution in [3.8, 4) is 5.75 Å². The van der Waals surface area contributed by atoms with E-state index in [1.807, 2.05) is 0 Å². The molecule has 0 spiro atoms. The Balaban J connectivity index is 1.69. The molecular formula is C18H21N3O5S. The van der Waals surface area contributed by atoms with Crippen LogP contribution in [-0.2, 0) is 14.4 Å². The summed E-state index contributed by atoms with van der Waals surface area (Å²) in [5.74, 6) is -1.66. The molecule has 3 rings (SSSR count). The van der Waals surface area contributed by atoms with Crippen molar-refractivity contribution in [2.45, 2.75) is 30.4 Å². The van der Waals surface area contributed by atoms with E-state index < -0.39 is 41.3 Å². The number of carbonyl (C=O) groups excluding carboxylic acids is 2. The average Bonchev–Trinajstić information content (AvgIpc) is 2.65. The Kier molecular flexibility index (Phi) is 5.43. The molecule has 2 amide bonds. The molecule has 0 aliphatic carbocycles. The van der Waals surface area contributed by atoms with Gasteiger partial charge in [-0.25, -0.2) is 4.79 Å². The summed E-state index contributed by atoms with van der Waals surface area (Å²) in [4.78, 5) is 38.0. The van der Waals surface area contributed by atoms with Crippen molar-refractivity contribution in [1.82, 2.24) is 10.2 Å². The van der Waals surface area contributed by atoms with Gasteiger partial charge in [0.1, 0.15) is 29.2 Å². The largest absolute Gasteiger partial charge is 0.508 e. The van der Waals surface area contributed by atoms with Crippen molar-refractivity contribution >= 4 is 29.5 Å². The van der Waals surface area contributed by atoms with E-state index in [1.54, 1.807) is 19.1 Å². The van der Waals surface area contributed by atoms with Crippen LogP contribution in [-0.4, -0.2) is 56.1 Å². The third-order valence-corrected chi connectivity index (χ3v) is 6.19. The van der Waals surface area contributed by atoms with Crippen molar-refractivity contribution < 1.29 is 24.6 Å². The molecule has 9 heteroatoms. The van der Waals surface area contributed by atoms with Crippen LogP contribution in [0.25, 0.3) is 0 Å². The maximum atomic E-state index is 12.5. The zero-order valence-corrected chi connectivity index (χ0v) is 15.4. The van der Waals surface area contributed by atoms with Crippen molar-refractivity contribution in [2.75, 3.05) is 5.75 Å². The molecule has 0 bridgehead atoms. The van der Waals surface area contributed by atoms with Crippen LogP contribution < -0.4 is 11.1 Å². The van der Waals surface area contributed by atoms with E-state index in [1.165, 1.54) is 40.9 Å². The number of β-lactam (4-membered cyclic amide) rings is 1. The number of aliphatic carboxylic acids is 1. The lowest BCUT2D eigenvalue weighted by Crippen LogP contribution is -2.75. The number of hydrogen-bond donors (Lipinski definition) is 4. The molecule has 2 heterocycles. The van der Waals surface area contributed by atoms with Crippen LogP contribution in [0.3, 0.4) is 0 Å². The number of aromatic hydroxyl groups is 1. The van der Waals surface area contributed by atoms with Gasteiger partial charge in [0.05, 0.1) is 0 Å². The fourth-order valence-corrected chi connectivity index (χ4v) is 4.87. The van der Waals surface area contributed by atoms with Gasteiger partial charge >= 0.3 is 5.97 Å². The normalized spacial score (nSPS) is 28.4. The van der Waals surface area contributed by atoms with E-state index >= 15 is 0 Å². The van der Waals surface area contributed by atoms with Crippen LogP contribution in [0.4, 0.5) is 0 Å². The minimum Gasteiger partial charge on any atom is -0.508 e. The molecule has 0 radical (unpaired) electrons. The fourth-order valence-electron chi connectivity index (χ4n) is 3.38. The molecule has 2 aliphatic rings. The predicted molar refractivity (Wildman–Crippen MR) is 99.8 cm³/mol. The van der Waals surface area contributed by atoms with E-state index in [2.05, 4.69) is 5.32 Å². The molecule has 5 N–H and O–H groups in total. The molecule has 2 aliphatic heterocycles. The second-order valence-electron chi connectivity index (χ2n) is 6.50. The summed E-state index contributed by atoms with van der Waals surface area (Å²) in [5, 5.41) is 21.1. The van der Waals surface area contributed by atoms with Crippen LogP contribution in [0.2, 0.25) is 0 Å². The predicted octanol–water partition coefficient (Wildman–Crippen LogP) is 0.437. The Hall–Kier alpha value is -2.52. The van der Waals surface area contributed by atoms with Gasteiger partial charge in [-0.05, 0) is 24.6 Å². The fraction of sp³-hybridized carbons (Fsp3) is 0.389. The SMILES string of the molecule is C/C=C/C1CS[C@@H]2[C@H](NC(=O)[C@H](N)c3ccc(O)cc3)C(=O)N2C1C(=O)O. The number of thioether (sulfide) groups is 1. The van der Waals surface area contributed by atoms with Crippen molar-refractivity contribution in [2.24, 2.45) is 11.7 Å². The average molecular weight is 391 g/mol. The summed E-state index contributed by atoms with van der Waals surface area (Å²) >= 11 is 1.45. The van der Waals surface area contributed by atoms with Gasteiger partial charge in [-0.15, -0.1) is 11.8 Å². The summed E-state index contributed by atoms with van der Waals surface area (Å²) in [6, 6.07) is 3.20. The topological polar surface area (TPSA) is 133 Å². The van der Waals surface area contributed by atoms with Gasteiger partial charge in [0, 0.05) is 11.7 Å². The number of benzene rings is 1. The number of carbonyl (C=O) groups is 3. The highest BCUT2D eigenvalue weighted by Gasteiger charge is 2.57. The van der Waals surface area contributed by atoms with Gasteiger partial charge in [0.15, 0.2) is 0 Å². The molecule has 2 fully saturated rings. The highest BCUT2D eigenvalue weighted by molar-refractivity contribution is 8.00. The monoisotopic (exact) mass is 391 g/mol. The first-order valence-corrected chi connectivity index (χ1v) is 9.54. The quantitative estimate of drug-likeness (QED) is 0.423. The number of nitrogens with one attached hydrogen (secondary N) is 1. The summed E-state index contributed by atoms with van der Waals surface area (Å²) in [7, 11) is 0. The van der Waals surface area contributed by atoms with Crippen LogP contribution in [0.15, 0.2) is 36.4 Å².